The maximum Gasteiger partial charge on any atom is 0.226 e. The molecule has 0 atom stereocenters. The number of nitrogens with zero attached hydrogens (tertiary/aromatic N) is 1. The van der Waals surface area contributed by atoms with Crippen molar-refractivity contribution in [2.24, 2.45) is 0 Å². The SMILES string of the molecule is COc1ccc(SCCCC(=O)Nc2nc(-c3ccc4c(c3)CCCC4)cs2)cc1. The highest BCUT2D eigenvalue weighted by Crippen LogP contribution is 2.30. The number of hydrogen-bond donors (Lipinski definition) is 1. The van der Waals surface area contributed by atoms with Crippen LogP contribution in [-0.4, -0.2) is 23.8 Å². The number of hydrogen-bond acceptors (Lipinski definition) is 5. The van der Waals surface area contributed by atoms with Crippen LogP contribution in [0, 0.1) is 0 Å². The average molecular weight is 439 g/mol. The Morgan fingerprint density at radius 1 is 1.13 bits per heavy atom. The first-order valence-electron chi connectivity index (χ1n) is 10.4. The number of ether oxygens (including phenoxy) is 1. The third-order valence-corrected chi connectivity index (χ3v) is 7.13. The van der Waals surface area contributed by atoms with Gasteiger partial charge in [0.05, 0.1) is 12.8 Å². The van der Waals surface area contributed by atoms with Crippen LogP contribution in [0.2, 0.25) is 0 Å². The Balaban J connectivity index is 1.24. The minimum Gasteiger partial charge on any atom is -0.497 e. The molecule has 0 saturated carbocycles. The summed E-state index contributed by atoms with van der Waals surface area (Å²) in [4.78, 5) is 18.1. The normalized spacial score (nSPS) is 13.0. The van der Waals surface area contributed by atoms with Crippen molar-refractivity contribution in [3.63, 3.8) is 0 Å². The van der Waals surface area contributed by atoms with Crippen molar-refractivity contribution in [3.05, 3.63) is 59.0 Å². The number of amides is 1. The predicted octanol–water partition coefficient (Wildman–Crippen LogP) is 6.21. The first-order chi connectivity index (χ1) is 14.7. The molecule has 0 bridgehead atoms. The molecule has 1 N–H and O–H groups in total. The van der Waals surface area contributed by atoms with E-state index in [-0.39, 0.29) is 5.91 Å². The minimum atomic E-state index is 0.0247. The summed E-state index contributed by atoms with van der Waals surface area (Å²) >= 11 is 3.24. The number of thioether (sulfide) groups is 1. The van der Waals surface area contributed by atoms with Gasteiger partial charge in [-0.1, -0.05) is 12.1 Å². The molecule has 30 heavy (non-hydrogen) atoms. The van der Waals surface area contributed by atoms with Crippen molar-refractivity contribution in [3.8, 4) is 17.0 Å². The van der Waals surface area contributed by atoms with E-state index in [1.807, 2.05) is 29.6 Å². The standard InChI is InChI=1S/C24H26N2O2S2/c1-28-20-10-12-21(13-11-20)29-14-4-7-23(27)26-24-25-22(16-30-24)19-9-8-17-5-2-3-6-18(17)15-19/h8-13,15-16H,2-7,14H2,1H3,(H,25,26,27). The molecule has 1 aromatic heterocycles. The van der Waals surface area contributed by atoms with Gasteiger partial charge < -0.3 is 10.1 Å². The summed E-state index contributed by atoms with van der Waals surface area (Å²) in [6.45, 7) is 0. The topological polar surface area (TPSA) is 51.2 Å². The van der Waals surface area contributed by atoms with E-state index < -0.39 is 0 Å². The molecule has 0 radical (unpaired) electrons. The summed E-state index contributed by atoms with van der Waals surface area (Å²) in [5.74, 6) is 1.78. The highest BCUT2D eigenvalue weighted by molar-refractivity contribution is 7.99. The Labute approximate surface area is 186 Å². The lowest BCUT2D eigenvalue weighted by molar-refractivity contribution is -0.116. The molecule has 4 nitrogen and oxygen atoms in total. The number of methoxy groups -OCH3 is 1. The molecule has 1 heterocycles. The molecule has 2 aromatic carbocycles. The van der Waals surface area contributed by atoms with Gasteiger partial charge >= 0.3 is 0 Å². The largest absolute Gasteiger partial charge is 0.497 e. The summed E-state index contributed by atoms with van der Waals surface area (Å²) in [7, 11) is 1.67. The Morgan fingerprint density at radius 3 is 2.73 bits per heavy atom. The molecular formula is C24H26N2O2S2. The second kappa shape index (κ2) is 10.1. The fourth-order valence-corrected chi connectivity index (χ4v) is 5.22. The number of rotatable bonds is 8. The molecule has 4 rings (SSSR count). The molecule has 3 aromatic rings. The number of aromatic nitrogens is 1. The van der Waals surface area contributed by atoms with E-state index in [4.69, 9.17) is 4.74 Å². The van der Waals surface area contributed by atoms with Gasteiger partial charge in [0.1, 0.15) is 5.75 Å². The zero-order valence-electron chi connectivity index (χ0n) is 17.1. The van der Waals surface area contributed by atoms with Crippen LogP contribution < -0.4 is 10.1 Å². The molecule has 6 heteroatoms. The number of carbonyl (C=O) groups excluding carboxylic acids is 1. The zero-order valence-corrected chi connectivity index (χ0v) is 18.8. The van der Waals surface area contributed by atoms with Gasteiger partial charge in [-0.3, -0.25) is 4.79 Å². The quantitative estimate of drug-likeness (QED) is 0.336. The van der Waals surface area contributed by atoms with E-state index in [1.165, 1.54) is 46.6 Å². The molecule has 1 aliphatic carbocycles. The molecule has 0 spiro atoms. The third kappa shape index (κ3) is 5.43. The van der Waals surface area contributed by atoms with E-state index in [1.54, 1.807) is 18.9 Å². The van der Waals surface area contributed by atoms with Crippen molar-refractivity contribution in [1.82, 2.24) is 4.98 Å². The van der Waals surface area contributed by atoms with E-state index in [0.717, 1.165) is 35.6 Å². The zero-order chi connectivity index (χ0) is 20.8. The summed E-state index contributed by atoms with van der Waals surface area (Å²) in [5, 5.41) is 5.65. The average Bonchev–Trinajstić information content (AvgIpc) is 3.25. The first-order valence-corrected chi connectivity index (χ1v) is 12.2. The van der Waals surface area contributed by atoms with E-state index >= 15 is 0 Å². The number of carbonyl (C=O) groups is 1. The Kier molecular flexibility index (Phi) is 7.07. The Bertz CT molecular complexity index is 999. The Hall–Kier alpha value is -2.31. The van der Waals surface area contributed by atoms with Gasteiger partial charge in [-0.15, -0.1) is 23.1 Å². The number of thiazole rings is 1. The minimum absolute atomic E-state index is 0.0247. The van der Waals surface area contributed by atoms with Crippen molar-refractivity contribution in [2.45, 2.75) is 43.4 Å². The monoisotopic (exact) mass is 438 g/mol. The van der Waals surface area contributed by atoms with E-state index in [9.17, 15) is 4.79 Å². The van der Waals surface area contributed by atoms with Crippen molar-refractivity contribution in [2.75, 3.05) is 18.2 Å². The Morgan fingerprint density at radius 2 is 1.93 bits per heavy atom. The van der Waals surface area contributed by atoms with Crippen molar-refractivity contribution >= 4 is 34.1 Å². The molecule has 0 saturated heterocycles. The van der Waals surface area contributed by atoms with Crippen LogP contribution in [0.1, 0.15) is 36.8 Å². The first kappa shape index (κ1) is 20.9. The summed E-state index contributed by atoms with van der Waals surface area (Å²) in [6.07, 6.45) is 6.22. The lowest BCUT2D eigenvalue weighted by Gasteiger charge is -2.16. The van der Waals surface area contributed by atoms with Gasteiger partial charge in [0.15, 0.2) is 5.13 Å². The van der Waals surface area contributed by atoms with Gasteiger partial charge in [-0.25, -0.2) is 4.98 Å². The maximum absolute atomic E-state index is 12.3. The van der Waals surface area contributed by atoms with Gasteiger partial charge in [0.2, 0.25) is 5.91 Å². The number of aryl methyl sites for hydroxylation is 2. The smallest absolute Gasteiger partial charge is 0.226 e. The van der Waals surface area contributed by atoms with Gasteiger partial charge in [0.25, 0.3) is 0 Å². The lowest BCUT2D eigenvalue weighted by Crippen LogP contribution is -2.11. The maximum atomic E-state index is 12.3. The van der Waals surface area contributed by atoms with Gasteiger partial charge in [-0.2, -0.15) is 0 Å². The summed E-state index contributed by atoms with van der Waals surface area (Å²) in [5.41, 5.74) is 5.01. The van der Waals surface area contributed by atoms with Crippen LogP contribution in [0.3, 0.4) is 0 Å². The summed E-state index contributed by atoms with van der Waals surface area (Å²) < 4.78 is 5.17. The summed E-state index contributed by atoms with van der Waals surface area (Å²) in [6, 6.07) is 14.7. The van der Waals surface area contributed by atoms with E-state index in [2.05, 4.69) is 28.5 Å². The molecule has 156 valence electrons. The second-order valence-corrected chi connectivity index (χ2v) is 9.43. The van der Waals surface area contributed by atoms with Gasteiger partial charge in [0, 0.05) is 22.3 Å². The molecular weight excluding hydrogens is 412 g/mol. The molecule has 1 aliphatic rings. The molecule has 0 aliphatic heterocycles. The van der Waals surface area contributed by atoms with Crippen LogP contribution in [0.4, 0.5) is 5.13 Å². The second-order valence-electron chi connectivity index (χ2n) is 7.40. The van der Waals surface area contributed by atoms with Crippen LogP contribution in [0.5, 0.6) is 5.75 Å². The van der Waals surface area contributed by atoms with Crippen LogP contribution in [0.25, 0.3) is 11.3 Å². The molecule has 0 fully saturated rings. The molecule has 0 unspecified atom stereocenters. The highest BCUT2D eigenvalue weighted by atomic mass is 32.2. The van der Waals surface area contributed by atoms with Gasteiger partial charge in [-0.05, 0) is 79.3 Å². The fraction of sp³-hybridized carbons (Fsp3) is 0.333. The van der Waals surface area contributed by atoms with Crippen LogP contribution in [-0.2, 0) is 17.6 Å². The van der Waals surface area contributed by atoms with Crippen LogP contribution >= 0.6 is 23.1 Å². The number of anilines is 1. The third-order valence-electron chi connectivity index (χ3n) is 5.27. The lowest BCUT2D eigenvalue weighted by atomic mass is 9.90. The molecule has 1 amide bonds. The number of benzene rings is 2. The number of nitrogens with one attached hydrogen (secondary N) is 1. The number of fused-ring (bicyclic) bond motifs is 1. The van der Waals surface area contributed by atoms with Crippen molar-refractivity contribution < 1.29 is 9.53 Å². The van der Waals surface area contributed by atoms with Crippen LogP contribution in [0.15, 0.2) is 52.7 Å². The van der Waals surface area contributed by atoms with E-state index in [0.29, 0.717) is 11.6 Å². The highest BCUT2D eigenvalue weighted by Gasteiger charge is 2.12. The fourth-order valence-electron chi connectivity index (χ4n) is 3.63. The van der Waals surface area contributed by atoms with Crippen molar-refractivity contribution in [1.29, 1.82) is 0 Å². The predicted molar refractivity (Wildman–Crippen MR) is 126 cm³/mol.